The lowest BCUT2D eigenvalue weighted by Gasteiger charge is -2.32. The van der Waals surface area contributed by atoms with Crippen LogP contribution in [0.5, 0.6) is 5.75 Å². The van der Waals surface area contributed by atoms with Crippen molar-refractivity contribution in [3.63, 3.8) is 0 Å². The highest BCUT2D eigenvalue weighted by Crippen LogP contribution is 2.29. The molecule has 1 aliphatic heterocycles. The third kappa shape index (κ3) is 3.54. The van der Waals surface area contributed by atoms with Crippen LogP contribution in [0.2, 0.25) is 0 Å². The molecular formula is C23H27N3O2. The highest BCUT2D eigenvalue weighted by molar-refractivity contribution is 5.80. The molecule has 1 aliphatic rings. The van der Waals surface area contributed by atoms with Crippen LogP contribution in [0.4, 0.5) is 0 Å². The molecule has 5 heteroatoms. The van der Waals surface area contributed by atoms with Gasteiger partial charge in [-0.1, -0.05) is 31.2 Å². The monoisotopic (exact) mass is 377 g/mol. The number of ether oxygens (including phenoxy) is 1. The van der Waals surface area contributed by atoms with E-state index < -0.39 is 0 Å². The summed E-state index contributed by atoms with van der Waals surface area (Å²) in [5.74, 6) is 1.87. The number of aromatic nitrogens is 2. The van der Waals surface area contributed by atoms with E-state index in [0.29, 0.717) is 23.7 Å². The average molecular weight is 377 g/mol. The number of rotatable bonds is 5. The van der Waals surface area contributed by atoms with Gasteiger partial charge >= 0.3 is 0 Å². The summed E-state index contributed by atoms with van der Waals surface area (Å²) < 4.78 is 7.43. The third-order valence-electron chi connectivity index (χ3n) is 5.70. The maximum Gasteiger partial charge on any atom is 0.261 e. The molecule has 2 heterocycles. The fourth-order valence-electron chi connectivity index (χ4n) is 4.22. The molecule has 1 atom stereocenters. The van der Waals surface area contributed by atoms with Crippen LogP contribution in [0.15, 0.2) is 53.3 Å². The first-order chi connectivity index (χ1) is 13.7. The second-order valence-electron chi connectivity index (χ2n) is 7.47. The molecule has 2 aromatic carbocycles. The standard InChI is InChI=1S/C23H27N3O2/c1-3-25-14-8-9-17(15-25)16-26-22(19-11-5-7-13-21(19)28-2)24-20-12-6-4-10-18(20)23(26)27/h4-7,10-13,17H,3,8-9,14-16H2,1-2H3. The van der Waals surface area contributed by atoms with E-state index >= 15 is 0 Å². The van der Waals surface area contributed by atoms with E-state index in [1.807, 2.05) is 53.1 Å². The predicted octanol–water partition coefficient (Wildman–Crippen LogP) is 3.80. The summed E-state index contributed by atoms with van der Waals surface area (Å²) in [5.41, 5.74) is 1.61. The van der Waals surface area contributed by atoms with Crippen LogP contribution < -0.4 is 10.3 Å². The number of nitrogens with zero attached hydrogens (tertiary/aromatic N) is 3. The van der Waals surface area contributed by atoms with Crippen molar-refractivity contribution in [1.82, 2.24) is 14.5 Å². The maximum absolute atomic E-state index is 13.4. The van der Waals surface area contributed by atoms with E-state index in [1.165, 1.54) is 6.42 Å². The minimum absolute atomic E-state index is 0.0279. The van der Waals surface area contributed by atoms with Crippen molar-refractivity contribution in [2.24, 2.45) is 5.92 Å². The fourth-order valence-corrected chi connectivity index (χ4v) is 4.22. The van der Waals surface area contributed by atoms with Crippen LogP contribution in [0.25, 0.3) is 22.3 Å². The lowest BCUT2D eigenvalue weighted by Crippen LogP contribution is -2.38. The minimum Gasteiger partial charge on any atom is -0.496 e. The van der Waals surface area contributed by atoms with Crippen LogP contribution in [-0.2, 0) is 6.54 Å². The Morgan fingerprint density at radius 1 is 1.14 bits per heavy atom. The lowest BCUT2D eigenvalue weighted by molar-refractivity contribution is 0.169. The summed E-state index contributed by atoms with van der Waals surface area (Å²) >= 11 is 0. The van der Waals surface area contributed by atoms with Crippen molar-refractivity contribution >= 4 is 10.9 Å². The predicted molar refractivity (Wildman–Crippen MR) is 113 cm³/mol. The number of methoxy groups -OCH3 is 1. The van der Waals surface area contributed by atoms with Gasteiger partial charge in [-0.05, 0) is 56.1 Å². The number of benzene rings is 2. The molecule has 1 unspecified atom stereocenters. The molecule has 4 rings (SSSR count). The molecule has 0 bridgehead atoms. The first-order valence-electron chi connectivity index (χ1n) is 10.1. The molecule has 1 saturated heterocycles. The zero-order chi connectivity index (χ0) is 19.5. The number of hydrogen-bond acceptors (Lipinski definition) is 4. The quantitative estimate of drug-likeness (QED) is 0.678. The Morgan fingerprint density at radius 2 is 1.93 bits per heavy atom. The SMILES string of the molecule is CCN1CCCC(Cn2c(-c3ccccc3OC)nc3ccccc3c2=O)C1. The van der Waals surface area contributed by atoms with Crippen molar-refractivity contribution in [2.75, 3.05) is 26.7 Å². The number of likely N-dealkylation sites (tertiary alicyclic amines) is 1. The van der Waals surface area contributed by atoms with Gasteiger partial charge < -0.3 is 9.64 Å². The Balaban J connectivity index is 1.85. The Morgan fingerprint density at radius 3 is 2.75 bits per heavy atom. The molecule has 0 amide bonds. The molecule has 0 spiro atoms. The van der Waals surface area contributed by atoms with Gasteiger partial charge in [-0.15, -0.1) is 0 Å². The second-order valence-corrected chi connectivity index (χ2v) is 7.47. The van der Waals surface area contributed by atoms with Gasteiger partial charge in [0.15, 0.2) is 0 Å². The molecular weight excluding hydrogens is 350 g/mol. The fraction of sp³-hybridized carbons (Fsp3) is 0.391. The maximum atomic E-state index is 13.4. The lowest BCUT2D eigenvalue weighted by atomic mass is 9.97. The van der Waals surface area contributed by atoms with E-state index in [9.17, 15) is 4.79 Å². The summed E-state index contributed by atoms with van der Waals surface area (Å²) in [6, 6.07) is 15.4. The molecule has 1 aromatic heterocycles. The molecule has 146 valence electrons. The summed E-state index contributed by atoms with van der Waals surface area (Å²) in [4.78, 5) is 20.8. The Labute approximate surface area is 165 Å². The van der Waals surface area contributed by atoms with Gasteiger partial charge in [0.1, 0.15) is 11.6 Å². The highest BCUT2D eigenvalue weighted by Gasteiger charge is 2.23. The number of hydrogen-bond donors (Lipinski definition) is 0. The molecule has 28 heavy (non-hydrogen) atoms. The number of fused-ring (bicyclic) bond motifs is 1. The number of piperidine rings is 1. The number of para-hydroxylation sites is 2. The van der Waals surface area contributed by atoms with Gasteiger partial charge in [0.05, 0.1) is 23.6 Å². The summed E-state index contributed by atoms with van der Waals surface area (Å²) in [6.45, 7) is 6.12. The van der Waals surface area contributed by atoms with Crippen molar-refractivity contribution in [3.05, 3.63) is 58.9 Å². The molecule has 1 fully saturated rings. The van der Waals surface area contributed by atoms with Gasteiger partial charge in [-0.3, -0.25) is 9.36 Å². The zero-order valence-electron chi connectivity index (χ0n) is 16.6. The van der Waals surface area contributed by atoms with Crippen LogP contribution >= 0.6 is 0 Å². The molecule has 0 saturated carbocycles. The summed E-state index contributed by atoms with van der Waals surface area (Å²) in [7, 11) is 1.66. The van der Waals surface area contributed by atoms with E-state index in [4.69, 9.17) is 9.72 Å². The van der Waals surface area contributed by atoms with Crippen molar-refractivity contribution < 1.29 is 4.74 Å². The van der Waals surface area contributed by atoms with Crippen LogP contribution in [-0.4, -0.2) is 41.2 Å². The van der Waals surface area contributed by atoms with Gasteiger partial charge in [0.2, 0.25) is 0 Å². The molecule has 3 aromatic rings. The Kier molecular flexibility index (Phi) is 5.44. The summed E-state index contributed by atoms with van der Waals surface area (Å²) in [5, 5.41) is 0.671. The normalized spacial score (nSPS) is 17.7. The summed E-state index contributed by atoms with van der Waals surface area (Å²) in [6.07, 6.45) is 2.32. The zero-order valence-corrected chi connectivity index (χ0v) is 16.6. The highest BCUT2D eigenvalue weighted by atomic mass is 16.5. The van der Waals surface area contributed by atoms with Gasteiger partial charge in [0, 0.05) is 13.1 Å². The van der Waals surface area contributed by atoms with Gasteiger partial charge in [0.25, 0.3) is 5.56 Å². The minimum atomic E-state index is 0.0279. The van der Waals surface area contributed by atoms with Crippen molar-refractivity contribution in [1.29, 1.82) is 0 Å². The Hall–Kier alpha value is -2.66. The van der Waals surface area contributed by atoms with Crippen molar-refractivity contribution in [2.45, 2.75) is 26.3 Å². The smallest absolute Gasteiger partial charge is 0.261 e. The average Bonchev–Trinajstić information content (AvgIpc) is 2.75. The van der Waals surface area contributed by atoms with Crippen LogP contribution in [0.1, 0.15) is 19.8 Å². The van der Waals surface area contributed by atoms with Crippen LogP contribution in [0, 0.1) is 5.92 Å². The van der Waals surface area contributed by atoms with Crippen LogP contribution in [0.3, 0.4) is 0 Å². The first-order valence-corrected chi connectivity index (χ1v) is 10.1. The third-order valence-corrected chi connectivity index (χ3v) is 5.70. The van der Waals surface area contributed by atoms with Gasteiger partial charge in [-0.2, -0.15) is 0 Å². The van der Waals surface area contributed by atoms with E-state index in [0.717, 1.165) is 42.9 Å². The van der Waals surface area contributed by atoms with Crippen molar-refractivity contribution in [3.8, 4) is 17.1 Å². The largest absolute Gasteiger partial charge is 0.496 e. The second kappa shape index (κ2) is 8.15. The topological polar surface area (TPSA) is 47.4 Å². The van der Waals surface area contributed by atoms with E-state index in [1.54, 1.807) is 7.11 Å². The molecule has 0 aliphatic carbocycles. The molecule has 0 radical (unpaired) electrons. The molecule has 5 nitrogen and oxygen atoms in total. The first kappa shape index (κ1) is 18.7. The van der Waals surface area contributed by atoms with E-state index in [2.05, 4.69) is 11.8 Å². The Bertz CT molecular complexity index is 1030. The van der Waals surface area contributed by atoms with E-state index in [-0.39, 0.29) is 5.56 Å². The van der Waals surface area contributed by atoms with Gasteiger partial charge in [-0.25, -0.2) is 4.98 Å². The molecule has 0 N–H and O–H groups in total.